The van der Waals surface area contributed by atoms with Crippen LogP contribution in [0.1, 0.15) is 0 Å². The van der Waals surface area contributed by atoms with Gasteiger partial charge in [0, 0.05) is 12.1 Å². The zero-order valence-electron chi connectivity index (χ0n) is 4.53. The van der Waals surface area contributed by atoms with E-state index in [2.05, 4.69) is 4.42 Å². The molecule has 0 spiro atoms. The van der Waals surface area contributed by atoms with Gasteiger partial charge in [0.1, 0.15) is 0 Å². The molecular formula is C6H4O3. The Balaban J connectivity index is 3.56. The van der Waals surface area contributed by atoms with Crippen molar-refractivity contribution in [1.29, 1.82) is 0 Å². The fraction of sp³-hybridized carbons (Fsp3) is 0. The van der Waals surface area contributed by atoms with Crippen molar-refractivity contribution < 1.29 is 4.42 Å². The fourth-order valence-electron chi connectivity index (χ4n) is 0.435. The number of hydrogen-bond donors (Lipinski definition) is 0. The molecule has 0 amide bonds. The second-order valence-electron chi connectivity index (χ2n) is 1.46. The van der Waals surface area contributed by atoms with E-state index >= 15 is 0 Å². The van der Waals surface area contributed by atoms with Crippen LogP contribution in [0.5, 0.6) is 0 Å². The highest BCUT2D eigenvalue weighted by molar-refractivity contribution is 4.89. The maximum absolute atomic E-state index is 10.3. The van der Waals surface area contributed by atoms with Gasteiger partial charge in [-0.2, -0.15) is 0 Å². The van der Waals surface area contributed by atoms with Gasteiger partial charge in [0.05, 0.1) is 0 Å². The van der Waals surface area contributed by atoms with Crippen LogP contribution in [0.15, 0.2) is 38.3 Å². The van der Waals surface area contributed by atoms with E-state index in [-0.39, 0.29) is 0 Å². The summed E-state index contributed by atoms with van der Waals surface area (Å²) in [5.74, 6) is 0. The van der Waals surface area contributed by atoms with Gasteiger partial charge in [-0.1, -0.05) is 12.1 Å². The molecule has 9 heavy (non-hydrogen) atoms. The first-order valence-electron chi connectivity index (χ1n) is 2.39. The lowest BCUT2D eigenvalue weighted by Gasteiger charge is -1.61. The SMILES string of the molecule is O=c1ccccc(=O)o1. The normalized spacial score (nSPS) is 8.89. The van der Waals surface area contributed by atoms with E-state index < -0.39 is 11.3 Å². The molecule has 0 aromatic carbocycles. The molecule has 46 valence electrons. The van der Waals surface area contributed by atoms with Crippen molar-refractivity contribution in [3.05, 3.63) is 45.1 Å². The van der Waals surface area contributed by atoms with E-state index in [0.717, 1.165) is 0 Å². The first-order chi connectivity index (χ1) is 4.29. The first-order valence-corrected chi connectivity index (χ1v) is 2.39. The molecule has 0 radical (unpaired) electrons. The van der Waals surface area contributed by atoms with Gasteiger partial charge in [0.2, 0.25) is 0 Å². The van der Waals surface area contributed by atoms with Crippen molar-refractivity contribution >= 4 is 0 Å². The van der Waals surface area contributed by atoms with Crippen LogP contribution in [0.4, 0.5) is 0 Å². The molecule has 0 aliphatic heterocycles. The predicted octanol–water partition coefficient (Wildman–Crippen LogP) is -0.000000000000000111. The van der Waals surface area contributed by atoms with Gasteiger partial charge >= 0.3 is 11.3 Å². The van der Waals surface area contributed by atoms with Crippen LogP contribution < -0.4 is 11.3 Å². The van der Waals surface area contributed by atoms with Gasteiger partial charge in [0.25, 0.3) is 0 Å². The van der Waals surface area contributed by atoms with Crippen molar-refractivity contribution in [2.75, 3.05) is 0 Å². The summed E-state index contributed by atoms with van der Waals surface area (Å²) in [4.78, 5) is 20.6. The maximum Gasteiger partial charge on any atom is 0.338 e. The molecular weight excluding hydrogens is 120 g/mol. The molecule has 3 nitrogen and oxygen atoms in total. The Labute approximate surface area is 50.6 Å². The number of rotatable bonds is 0. The average Bonchev–Trinajstić information content (AvgIpc) is 1.93. The lowest BCUT2D eigenvalue weighted by molar-refractivity contribution is 0.480. The smallest absolute Gasteiger partial charge is 0.338 e. The van der Waals surface area contributed by atoms with E-state index in [0.29, 0.717) is 0 Å². The Hall–Kier alpha value is -1.38. The molecule has 0 atom stereocenters. The summed E-state index contributed by atoms with van der Waals surface area (Å²) >= 11 is 0. The summed E-state index contributed by atoms with van der Waals surface area (Å²) in [7, 11) is 0. The van der Waals surface area contributed by atoms with Crippen LogP contribution in [0.25, 0.3) is 0 Å². The molecule has 0 bridgehead atoms. The van der Waals surface area contributed by atoms with Crippen molar-refractivity contribution in [3.8, 4) is 0 Å². The Kier molecular flexibility index (Phi) is 1.44. The summed E-state index contributed by atoms with van der Waals surface area (Å²) < 4.78 is 4.16. The molecule has 0 saturated heterocycles. The molecule has 0 N–H and O–H groups in total. The second-order valence-corrected chi connectivity index (χ2v) is 1.46. The average molecular weight is 124 g/mol. The minimum Gasteiger partial charge on any atom is -0.387 e. The van der Waals surface area contributed by atoms with Crippen LogP contribution >= 0.6 is 0 Å². The lowest BCUT2D eigenvalue weighted by Crippen LogP contribution is -2.01. The monoisotopic (exact) mass is 124 g/mol. The zero-order valence-corrected chi connectivity index (χ0v) is 4.53. The second kappa shape index (κ2) is 2.26. The zero-order chi connectivity index (χ0) is 6.69. The summed E-state index contributed by atoms with van der Waals surface area (Å²) in [5.41, 5.74) is -1.24. The topological polar surface area (TPSA) is 47.3 Å². The van der Waals surface area contributed by atoms with Crippen molar-refractivity contribution in [2.45, 2.75) is 0 Å². The van der Waals surface area contributed by atoms with Crippen LogP contribution in [-0.4, -0.2) is 0 Å². The summed E-state index contributed by atoms with van der Waals surface area (Å²) in [6, 6.07) is 5.27. The van der Waals surface area contributed by atoms with Gasteiger partial charge in [-0.05, 0) is 0 Å². The van der Waals surface area contributed by atoms with E-state index in [1.165, 1.54) is 24.3 Å². The fourth-order valence-corrected chi connectivity index (χ4v) is 0.435. The van der Waals surface area contributed by atoms with Gasteiger partial charge in [-0.3, -0.25) is 0 Å². The molecule has 1 heterocycles. The van der Waals surface area contributed by atoms with Gasteiger partial charge in [0.15, 0.2) is 0 Å². The standard InChI is InChI=1S/C6H4O3/c7-5-3-1-2-4-6(8)9-5/h1-4H. The van der Waals surface area contributed by atoms with Crippen LogP contribution in [0, 0.1) is 0 Å². The van der Waals surface area contributed by atoms with Crippen molar-refractivity contribution in [1.82, 2.24) is 0 Å². The summed E-state index contributed by atoms with van der Waals surface area (Å²) in [6.07, 6.45) is 0. The molecule has 0 saturated carbocycles. The molecule has 0 aliphatic rings. The van der Waals surface area contributed by atoms with Gasteiger partial charge < -0.3 is 4.42 Å². The summed E-state index contributed by atoms with van der Waals surface area (Å²) in [5, 5.41) is 0. The molecule has 0 unspecified atom stereocenters. The highest BCUT2D eigenvalue weighted by Gasteiger charge is 1.80. The third-order valence-corrected chi connectivity index (χ3v) is 0.777. The van der Waals surface area contributed by atoms with Crippen molar-refractivity contribution in [2.24, 2.45) is 0 Å². The summed E-state index contributed by atoms with van der Waals surface area (Å²) in [6.45, 7) is 0. The van der Waals surface area contributed by atoms with Gasteiger partial charge in [-0.25, -0.2) is 9.59 Å². The molecule has 1 aromatic heterocycles. The largest absolute Gasteiger partial charge is 0.387 e. The number of hydrogen-bond acceptors (Lipinski definition) is 3. The van der Waals surface area contributed by atoms with E-state index in [4.69, 9.17) is 0 Å². The minimum atomic E-state index is -0.620. The molecule has 0 fully saturated rings. The van der Waals surface area contributed by atoms with Gasteiger partial charge in [-0.15, -0.1) is 0 Å². The van der Waals surface area contributed by atoms with Crippen LogP contribution in [0.2, 0.25) is 0 Å². The molecule has 1 rings (SSSR count). The molecule has 0 aliphatic carbocycles. The third-order valence-electron chi connectivity index (χ3n) is 0.777. The quantitative estimate of drug-likeness (QED) is 0.489. The maximum atomic E-state index is 10.3. The minimum absolute atomic E-state index is 0.620. The van der Waals surface area contributed by atoms with E-state index in [1.807, 2.05) is 0 Å². The third kappa shape index (κ3) is 1.53. The predicted molar refractivity (Wildman–Crippen MR) is 31.2 cm³/mol. The van der Waals surface area contributed by atoms with Crippen LogP contribution in [0.3, 0.4) is 0 Å². The highest BCUT2D eigenvalue weighted by Crippen LogP contribution is 1.67. The van der Waals surface area contributed by atoms with Crippen LogP contribution in [-0.2, 0) is 0 Å². The Morgan fingerprint density at radius 2 is 1.44 bits per heavy atom. The molecule has 3 heteroatoms. The van der Waals surface area contributed by atoms with E-state index in [1.54, 1.807) is 0 Å². The Morgan fingerprint density at radius 1 is 1.00 bits per heavy atom. The molecule has 1 aromatic rings. The lowest BCUT2D eigenvalue weighted by atomic mass is 10.5. The Morgan fingerprint density at radius 3 is 1.89 bits per heavy atom. The van der Waals surface area contributed by atoms with E-state index in [9.17, 15) is 9.59 Å². The Bertz CT molecular complexity index is 270. The first kappa shape index (κ1) is 5.75. The highest BCUT2D eigenvalue weighted by atomic mass is 16.4. The van der Waals surface area contributed by atoms with Crippen molar-refractivity contribution in [3.63, 3.8) is 0 Å².